The van der Waals surface area contributed by atoms with Crippen molar-refractivity contribution in [2.24, 2.45) is 0 Å². The van der Waals surface area contributed by atoms with Crippen LogP contribution in [0.4, 0.5) is 0 Å². The Morgan fingerprint density at radius 2 is 1.09 bits per heavy atom. The summed E-state index contributed by atoms with van der Waals surface area (Å²) < 4.78 is 280. The molecule has 0 radical (unpaired) electrons. The highest BCUT2D eigenvalue weighted by Crippen LogP contribution is 2.53. The van der Waals surface area contributed by atoms with Crippen LogP contribution < -0.4 is 0 Å². The molecule has 1 nitrogen and oxygen atoms in total. The van der Waals surface area contributed by atoms with Crippen molar-refractivity contribution in [3.05, 3.63) is 180 Å². The van der Waals surface area contributed by atoms with Gasteiger partial charge in [-0.1, -0.05) is 147 Å². The Morgan fingerprint density at radius 3 is 1.81 bits per heavy atom. The van der Waals surface area contributed by atoms with E-state index in [2.05, 4.69) is 0 Å². The van der Waals surface area contributed by atoms with Crippen LogP contribution in [0.25, 0.3) is 98.8 Å². The first-order valence-electron chi connectivity index (χ1n) is 31.2. The second kappa shape index (κ2) is 11.0. The van der Waals surface area contributed by atoms with E-state index in [9.17, 15) is 17.8 Å². The van der Waals surface area contributed by atoms with E-state index in [1.165, 1.54) is 6.92 Å². The smallest absolute Gasteiger partial charge is 0.143 e. The molecule has 1 aromatic heterocycles. The molecule has 9 aromatic carbocycles. The summed E-state index contributed by atoms with van der Waals surface area (Å²) in [6.07, 6.45) is 0. The molecule has 250 valence electrons. The van der Waals surface area contributed by atoms with Crippen LogP contribution in [0.5, 0.6) is 0 Å². The zero-order valence-electron chi connectivity index (χ0n) is 57.4. The maximum Gasteiger partial charge on any atom is 0.143 e. The molecule has 0 spiro atoms. The molecule has 11 rings (SSSR count). The average Bonchev–Trinajstić information content (AvgIpc) is 2.02. The molecular weight excluding hydrogens is 641 g/mol. The first-order valence-corrected chi connectivity index (χ1v) is 16.2. The third kappa shape index (κ3) is 4.31. The second-order valence-electron chi connectivity index (χ2n) is 12.6. The summed E-state index contributed by atoms with van der Waals surface area (Å²) in [6.45, 7) is -1.09. The van der Waals surface area contributed by atoms with Gasteiger partial charge in [-0.15, -0.1) is 0 Å². The fraction of sp³-hybridized carbons (Fsp3) is 0.0769. The minimum Gasteiger partial charge on any atom is -0.455 e. The highest BCUT2D eigenvalue weighted by Gasteiger charge is 2.37. The van der Waals surface area contributed by atoms with E-state index in [0.717, 1.165) is 6.92 Å². The molecule has 0 saturated carbocycles. The highest BCUT2D eigenvalue weighted by molar-refractivity contribution is 6.23. The van der Waals surface area contributed by atoms with E-state index in [4.69, 9.17) is 27.7 Å². The lowest BCUT2D eigenvalue weighted by atomic mass is 9.79. The molecule has 1 atom stereocenters. The van der Waals surface area contributed by atoms with Crippen molar-refractivity contribution in [2.45, 2.75) is 26.1 Å². The fourth-order valence-corrected chi connectivity index (χ4v) is 7.22. The van der Waals surface area contributed by atoms with E-state index in [1.54, 1.807) is 0 Å². The molecule has 0 aliphatic heterocycles. The summed E-state index contributed by atoms with van der Waals surface area (Å²) in [4.78, 5) is 0. The third-order valence-corrected chi connectivity index (χ3v) is 9.56. The van der Waals surface area contributed by atoms with Gasteiger partial charge in [0.1, 0.15) is 11.2 Å². The first kappa shape index (κ1) is 12.9. The van der Waals surface area contributed by atoms with Gasteiger partial charge in [-0.05, 0) is 125 Å². The lowest BCUT2D eigenvalue weighted by Crippen LogP contribution is -2.15. The zero-order valence-corrected chi connectivity index (χ0v) is 27.4. The van der Waals surface area contributed by atoms with Gasteiger partial charge in [0.15, 0.2) is 0 Å². The Balaban J connectivity index is 1.36. The quantitative estimate of drug-likeness (QED) is 0.167. The van der Waals surface area contributed by atoms with Gasteiger partial charge in [0.25, 0.3) is 0 Å². The van der Waals surface area contributed by atoms with Crippen molar-refractivity contribution in [2.75, 3.05) is 0 Å². The Labute approximate surface area is 350 Å². The monoisotopic (exact) mass is 706 g/mol. The maximum atomic E-state index is 10.2. The minimum atomic E-state index is -3.40. The van der Waals surface area contributed by atoms with Gasteiger partial charge >= 0.3 is 0 Å². The van der Waals surface area contributed by atoms with Crippen molar-refractivity contribution in [1.82, 2.24) is 0 Å². The van der Waals surface area contributed by atoms with E-state index in [1.807, 2.05) is 0 Å². The summed E-state index contributed by atoms with van der Waals surface area (Å²) >= 11 is 0. The van der Waals surface area contributed by atoms with Gasteiger partial charge in [0.05, 0.1) is 37.0 Å². The van der Waals surface area contributed by atoms with E-state index in [0.29, 0.717) is 0 Å². The lowest BCUT2D eigenvalue weighted by molar-refractivity contribution is 0.660. The molecule has 1 heterocycles. The second-order valence-corrected chi connectivity index (χ2v) is 12.6. The predicted octanol–water partition coefficient (Wildman–Crippen LogP) is 14.7. The summed E-state index contributed by atoms with van der Waals surface area (Å²) in [7, 11) is 0. The number of benzene rings is 9. The SMILES string of the molecule is [2H]c1c([2H])c([2H])c(-c2c([2H])c([2H])c3c(c2[2H])C(C)(C([2H])([2H])[2H])c2c([2H])c(-c4c5c([2H])c([2H])c([2H])c([2H])c5c(-c5c([2H])c([2H])c6oc7c8c([2H])c([2H])c([2H])c([2H])c8c([2H])c([2H])c7c6c5[2H])c5c([2H])c([2H])c([2H])c([2H])c45)c([2H])c(C)c2-3)c([2H])c1[2H]. The van der Waals surface area contributed by atoms with Crippen molar-refractivity contribution >= 4 is 54.3 Å². The largest absolute Gasteiger partial charge is 0.455 e. The number of hydrogen-bond acceptors (Lipinski definition) is 1. The van der Waals surface area contributed by atoms with Crippen LogP contribution in [-0.4, -0.2) is 0 Å². The van der Waals surface area contributed by atoms with Crippen LogP contribution in [0.3, 0.4) is 0 Å². The topological polar surface area (TPSA) is 13.1 Å². The molecule has 0 amide bonds. The Bertz CT molecular complexity index is 4710. The molecule has 1 aliphatic rings. The zero-order chi connectivity index (χ0) is 61.4. The predicted molar refractivity (Wildman–Crippen MR) is 225 cm³/mol. The van der Waals surface area contributed by atoms with Crippen LogP contribution in [0, 0.1) is 6.92 Å². The van der Waals surface area contributed by atoms with E-state index < -0.39 is 280 Å². The van der Waals surface area contributed by atoms with Gasteiger partial charge in [0, 0.05) is 25.7 Å². The summed E-state index contributed by atoms with van der Waals surface area (Å²) in [5.74, 6) is 0. The molecule has 1 heteroatoms. The van der Waals surface area contributed by atoms with Crippen LogP contribution >= 0.6 is 0 Å². The molecule has 0 bridgehead atoms. The van der Waals surface area contributed by atoms with Gasteiger partial charge in [-0.3, -0.25) is 0 Å². The van der Waals surface area contributed by atoms with E-state index in [-0.39, 0.29) is 11.1 Å². The van der Waals surface area contributed by atoms with Crippen molar-refractivity contribution in [1.29, 1.82) is 0 Å². The van der Waals surface area contributed by atoms with E-state index >= 15 is 0 Å². The average molecular weight is 707 g/mol. The van der Waals surface area contributed by atoms with Gasteiger partial charge in [0.2, 0.25) is 0 Å². The normalized spacial score (nSPS) is 23.4. The molecule has 0 saturated heterocycles. The molecular formula is C52H36O. The lowest BCUT2D eigenvalue weighted by Gasteiger charge is -2.24. The summed E-state index contributed by atoms with van der Waals surface area (Å²) in [5, 5.41) is -4.79. The maximum absolute atomic E-state index is 10.2. The van der Waals surface area contributed by atoms with Crippen LogP contribution in [0.1, 0.15) is 71.6 Å². The van der Waals surface area contributed by atoms with Crippen LogP contribution in [-0.2, 0) is 5.41 Å². The molecule has 1 unspecified atom stereocenters. The number of fused-ring (bicyclic) bond motifs is 10. The number of hydrogen-bond donors (Lipinski definition) is 0. The first-order chi connectivity index (χ1) is 38.5. The highest BCUT2D eigenvalue weighted by atomic mass is 16.3. The van der Waals surface area contributed by atoms with Gasteiger partial charge < -0.3 is 4.42 Å². The van der Waals surface area contributed by atoms with Crippen molar-refractivity contribution in [3.63, 3.8) is 0 Å². The third-order valence-electron chi connectivity index (χ3n) is 9.56. The van der Waals surface area contributed by atoms with Gasteiger partial charge in [-0.25, -0.2) is 0 Å². The van der Waals surface area contributed by atoms with Crippen LogP contribution in [0.2, 0.25) is 0 Å². The minimum absolute atomic E-state index is 0.287. The fourth-order valence-electron chi connectivity index (χ4n) is 7.22. The Kier molecular flexibility index (Phi) is 2.68. The number of rotatable bonds is 3. The van der Waals surface area contributed by atoms with Crippen molar-refractivity contribution < 1.29 is 45.5 Å². The Morgan fingerprint density at radius 1 is 0.472 bits per heavy atom. The molecule has 0 fully saturated rings. The van der Waals surface area contributed by atoms with Gasteiger partial charge in [-0.2, -0.15) is 0 Å². The number of furan rings is 1. The standard InChI is InChI=1S/C52H36O/c1-31-27-36(30-46-48(31)43-25-22-34(29-45(43)52(46,2)3)32-13-5-4-6-14-32)50-40-19-11-9-17-38(40)49(39-18-10-12-20-41(39)50)35-23-26-47-44(28-35)42-24-21-33-15-7-8-16-37(33)51(42)53-47/h4-30H,1-3H3/i2D3,4D,5D,6D,7D,8D,9D,10D,11D,12D,13D,14D,15D,16D,17D,18D,19D,20D,21D,22D,23D,24D,25D,26D,27D,28D,29D,30D. The van der Waals surface area contributed by atoms with Crippen molar-refractivity contribution in [3.8, 4) is 44.5 Å². The van der Waals surface area contributed by atoms with Crippen LogP contribution in [0.15, 0.2) is 168 Å². The Hall–Kier alpha value is -6.44. The summed E-state index contributed by atoms with van der Waals surface area (Å²) in [6, 6.07) is -24.0. The summed E-state index contributed by atoms with van der Waals surface area (Å²) in [5.41, 5.74) is -10.4. The molecule has 0 N–H and O–H groups in total. The molecule has 1 aliphatic carbocycles. The molecule has 10 aromatic rings. The molecule has 53 heavy (non-hydrogen) atoms.